The zero-order chi connectivity index (χ0) is 13.8. The van der Waals surface area contributed by atoms with Crippen molar-refractivity contribution in [1.82, 2.24) is 15.5 Å². The molecule has 0 amide bonds. The van der Waals surface area contributed by atoms with E-state index in [4.69, 9.17) is 0 Å². The fourth-order valence-corrected chi connectivity index (χ4v) is 2.96. The summed E-state index contributed by atoms with van der Waals surface area (Å²) in [5, 5.41) is 13.2. The van der Waals surface area contributed by atoms with Gasteiger partial charge in [0, 0.05) is 24.5 Å². The molecule has 1 N–H and O–H groups in total. The van der Waals surface area contributed by atoms with Crippen LogP contribution in [0.2, 0.25) is 0 Å². The Morgan fingerprint density at radius 1 is 1.35 bits per heavy atom. The zero-order valence-electron chi connectivity index (χ0n) is 12.0. The van der Waals surface area contributed by atoms with Crippen LogP contribution in [0.1, 0.15) is 26.2 Å². The molecule has 0 spiro atoms. The molecule has 4 heteroatoms. The molecule has 1 atom stereocenters. The zero-order valence-corrected chi connectivity index (χ0v) is 12.0. The average molecular weight is 270 g/mol. The van der Waals surface area contributed by atoms with Crippen molar-refractivity contribution >= 4 is 16.6 Å². The van der Waals surface area contributed by atoms with Crippen LogP contribution in [0.4, 0.5) is 5.69 Å². The van der Waals surface area contributed by atoms with E-state index in [1.807, 2.05) is 18.3 Å². The van der Waals surface area contributed by atoms with Gasteiger partial charge in [-0.2, -0.15) is 10.2 Å². The number of fused-ring (bicyclic) bond motifs is 1. The molecule has 3 rings (SSSR count). The monoisotopic (exact) mass is 270 g/mol. The first-order valence-corrected chi connectivity index (χ1v) is 7.57. The number of anilines is 1. The van der Waals surface area contributed by atoms with E-state index in [-0.39, 0.29) is 0 Å². The number of aromatic nitrogens is 2. The van der Waals surface area contributed by atoms with Crippen LogP contribution >= 0.6 is 0 Å². The molecular formula is C16H22N4. The van der Waals surface area contributed by atoms with E-state index in [9.17, 15) is 0 Å². The van der Waals surface area contributed by atoms with Gasteiger partial charge in [-0.05, 0) is 31.9 Å². The quantitative estimate of drug-likeness (QED) is 0.927. The maximum absolute atomic E-state index is 4.21. The van der Waals surface area contributed by atoms with Crippen molar-refractivity contribution in [2.24, 2.45) is 0 Å². The van der Waals surface area contributed by atoms with Crippen molar-refractivity contribution in [3.8, 4) is 0 Å². The van der Waals surface area contributed by atoms with Gasteiger partial charge < -0.3 is 10.2 Å². The Bertz CT molecular complexity index is 564. The highest BCUT2D eigenvalue weighted by Crippen LogP contribution is 2.26. The maximum Gasteiger partial charge on any atom is 0.0950 e. The second-order valence-electron chi connectivity index (χ2n) is 5.49. The number of benzene rings is 1. The fourth-order valence-electron chi connectivity index (χ4n) is 2.96. The molecule has 1 aliphatic rings. The number of piperidine rings is 1. The largest absolute Gasteiger partial charge is 0.368 e. The van der Waals surface area contributed by atoms with Gasteiger partial charge >= 0.3 is 0 Å². The number of nitrogens with zero attached hydrogens (tertiary/aromatic N) is 3. The molecule has 1 saturated heterocycles. The van der Waals surface area contributed by atoms with Gasteiger partial charge in [0.05, 0.1) is 17.4 Å². The number of hydrogen-bond donors (Lipinski definition) is 1. The lowest BCUT2D eigenvalue weighted by Crippen LogP contribution is -2.46. The minimum atomic E-state index is 0.593. The molecule has 0 aliphatic carbocycles. The summed E-state index contributed by atoms with van der Waals surface area (Å²) >= 11 is 0. The van der Waals surface area contributed by atoms with Crippen LogP contribution in [0.3, 0.4) is 0 Å². The summed E-state index contributed by atoms with van der Waals surface area (Å²) in [6, 6.07) is 8.85. The highest BCUT2D eigenvalue weighted by atomic mass is 15.2. The second kappa shape index (κ2) is 6.18. The van der Waals surface area contributed by atoms with Crippen LogP contribution in [-0.4, -0.2) is 35.9 Å². The van der Waals surface area contributed by atoms with Crippen LogP contribution < -0.4 is 10.2 Å². The first-order valence-electron chi connectivity index (χ1n) is 7.57. The van der Waals surface area contributed by atoms with Crippen molar-refractivity contribution in [3.05, 3.63) is 30.5 Å². The maximum atomic E-state index is 4.21. The molecule has 20 heavy (non-hydrogen) atoms. The third-order valence-corrected chi connectivity index (χ3v) is 3.97. The Kier molecular flexibility index (Phi) is 4.11. The molecule has 0 bridgehead atoms. The van der Waals surface area contributed by atoms with E-state index in [0.29, 0.717) is 6.04 Å². The molecule has 1 fully saturated rings. The molecule has 1 aromatic heterocycles. The van der Waals surface area contributed by atoms with Crippen molar-refractivity contribution < 1.29 is 0 Å². The summed E-state index contributed by atoms with van der Waals surface area (Å²) in [6.07, 6.45) is 5.60. The van der Waals surface area contributed by atoms with Gasteiger partial charge in [0.2, 0.25) is 0 Å². The van der Waals surface area contributed by atoms with Crippen molar-refractivity contribution in [2.45, 2.75) is 32.2 Å². The Balaban J connectivity index is 1.83. The van der Waals surface area contributed by atoms with Crippen molar-refractivity contribution in [1.29, 1.82) is 0 Å². The predicted octanol–water partition coefficient (Wildman–Crippen LogP) is 2.60. The van der Waals surface area contributed by atoms with Crippen LogP contribution in [0, 0.1) is 0 Å². The molecule has 4 nitrogen and oxygen atoms in total. The van der Waals surface area contributed by atoms with Gasteiger partial charge in [0.1, 0.15) is 0 Å². The fraction of sp³-hybridized carbons (Fsp3) is 0.500. The SMILES string of the molecule is CCCNC1CCCN(c2cnnc3ccccc23)C1. The van der Waals surface area contributed by atoms with E-state index in [1.54, 1.807) is 0 Å². The van der Waals surface area contributed by atoms with Crippen molar-refractivity contribution in [2.75, 3.05) is 24.5 Å². The Morgan fingerprint density at radius 2 is 2.25 bits per heavy atom. The summed E-state index contributed by atoms with van der Waals surface area (Å²) in [7, 11) is 0. The summed E-state index contributed by atoms with van der Waals surface area (Å²) in [4.78, 5) is 2.45. The minimum Gasteiger partial charge on any atom is -0.368 e. The molecule has 0 saturated carbocycles. The Labute approximate surface area is 120 Å². The topological polar surface area (TPSA) is 41.0 Å². The molecule has 1 aliphatic heterocycles. The van der Waals surface area contributed by atoms with Crippen LogP contribution in [0.25, 0.3) is 10.9 Å². The summed E-state index contributed by atoms with van der Waals surface area (Å²) in [5.74, 6) is 0. The standard InChI is InChI=1S/C16H22N4/c1-2-9-17-13-6-5-10-20(12-13)16-11-18-19-15-8-4-3-7-14(15)16/h3-4,7-8,11,13,17H,2,5-6,9-10,12H2,1H3. The Morgan fingerprint density at radius 3 is 3.15 bits per heavy atom. The lowest BCUT2D eigenvalue weighted by molar-refractivity contribution is 0.423. The van der Waals surface area contributed by atoms with E-state index >= 15 is 0 Å². The third kappa shape index (κ3) is 2.75. The summed E-state index contributed by atoms with van der Waals surface area (Å²) in [6.45, 7) is 5.50. The highest BCUT2D eigenvalue weighted by molar-refractivity contribution is 5.90. The lowest BCUT2D eigenvalue weighted by atomic mass is 10.0. The van der Waals surface area contributed by atoms with Gasteiger partial charge in [-0.3, -0.25) is 0 Å². The predicted molar refractivity (Wildman–Crippen MR) is 83.1 cm³/mol. The smallest absolute Gasteiger partial charge is 0.0950 e. The molecule has 1 unspecified atom stereocenters. The molecule has 2 aromatic rings. The molecule has 1 aromatic carbocycles. The summed E-state index contributed by atoms with van der Waals surface area (Å²) in [5.41, 5.74) is 2.20. The number of rotatable bonds is 4. The molecular weight excluding hydrogens is 248 g/mol. The first-order chi connectivity index (χ1) is 9.88. The Hall–Kier alpha value is -1.68. The lowest BCUT2D eigenvalue weighted by Gasteiger charge is -2.35. The molecule has 2 heterocycles. The normalized spacial score (nSPS) is 19.4. The van der Waals surface area contributed by atoms with Gasteiger partial charge in [-0.15, -0.1) is 0 Å². The van der Waals surface area contributed by atoms with Crippen LogP contribution in [0.5, 0.6) is 0 Å². The van der Waals surface area contributed by atoms with Gasteiger partial charge in [0.25, 0.3) is 0 Å². The van der Waals surface area contributed by atoms with Crippen LogP contribution in [0.15, 0.2) is 30.5 Å². The van der Waals surface area contributed by atoms with Gasteiger partial charge in [0.15, 0.2) is 0 Å². The van der Waals surface area contributed by atoms with Crippen molar-refractivity contribution in [3.63, 3.8) is 0 Å². The van der Waals surface area contributed by atoms with E-state index in [2.05, 4.69) is 39.5 Å². The molecule has 0 radical (unpaired) electrons. The van der Waals surface area contributed by atoms with E-state index in [0.717, 1.165) is 25.2 Å². The van der Waals surface area contributed by atoms with E-state index < -0.39 is 0 Å². The third-order valence-electron chi connectivity index (χ3n) is 3.97. The average Bonchev–Trinajstić information content (AvgIpc) is 2.52. The van der Waals surface area contributed by atoms with Crippen LogP contribution in [-0.2, 0) is 0 Å². The minimum absolute atomic E-state index is 0.593. The van der Waals surface area contributed by atoms with Gasteiger partial charge in [-0.1, -0.05) is 25.1 Å². The first kappa shape index (κ1) is 13.3. The number of nitrogens with one attached hydrogen (secondary N) is 1. The summed E-state index contributed by atoms with van der Waals surface area (Å²) < 4.78 is 0. The van der Waals surface area contributed by atoms with E-state index in [1.165, 1.54) is 30.3 Å². The second-order valence-corrected chi connectivity index (χ2v) is 5.49. The highest BCUT2D eigenvalue weighted by Gasteiger charge is 2.21. The number of hydrogen-bond acceptors (Lipinski definition) is 4. The molecule has 106 valence electrons. The van der Waals surface area contributed by atoms with Gasteiger partial charge in [-0.25, -0.2) is 0 Å².